The lowest BCUT2D eigenvalue weighted by Crippen LogP contribution is -1.99. The van der Waals surface area contributed by atoms with Crippen LogP contribution < -0.4 is 4.74 Å². The molecule has 0 aliphatic heterocycles. The average Bonchev–Trinajstić information content (AvgIpc) is 2.52. The van der Waals surface area contributed by atoms with Gasteiger partial charge in [0.05, 0.1) is 7.11 Å². The second-order valence-corrected chi connectivity index (χ2v) is 4.76. The zero-order valence-corrected chi connectivity index (χ0v) is 12.6. The molecule has 0 saturated heterocycles. The molecule has 0 bridgehead atoms. The number of carbonyl (C=O) groups is 1. The zero-order chi connectivity index (χ0) is 15.2. The maximum atomic E-state index is 11.9. The van der Waals surface area contributed by atoms with E-state index in [0.29, 0.717) is 12.0 Å². The van der Waals surface area contributed by atoms with Crippen LogP contribution >= 0.6 is 0 Å². The molecule has 0 radical (unpaired) electrons. The van der Waals surface area contributed by atoms with E-state index in [1.165, 1.54) is 0 Å². The number of ketones is 1. The van der Waals surface area contributed by atoms with Gasteiger partial charge >= 0.3 is 0 Å². The first kappa shape index (κ1) is 14.9. The van der Waals surface area contributed by atoms with Crippen LogP contribution in [0.15, 0.2) is 42.5 Å². The number of carbonyl (C=O) groups excluding carboxylic acids is 1. The molecule has 2 nitrogen and oxygen atoms in total. The number of ether oxygens (including phenoxy) is 1. The van der Waals surface area contributed by atoms with E-state index in [0.717, 1.165) is 22.4 Å². The standard InChI is InChI=1S/C19H18O2/c1-4-18(20)17-8-6-5-7-16(17)11-9-15-10-12-19(21-3)14(2)13-15/h5-8,10,12-13H,4H2,1-3H3. The fraction of sp³-hybridized carbons (Fsp3) is 0.211. The number of benzene rings is 2. The molecule has 0 heterocycles. The highest BCUT2D eigenvalue weighted by molar-refractivity contribution is 5.98. The largest absolute Gasteiger partial charge is 0.496 e. The SMILES string of the molecule is CCC(=O)c1ccccc1C#Cc1ccc(OC)c(C)c1. The quantitative estimate of drug-likeness (QED) is 0.626. The summed E-state index contributed by atoms with van der Waals surface area (Å²) in [4.78, 5) is 11.9. The van der Waals surface area contributed by atoms with Crippen molar-refractivity contribution in [3.05, 3.63) is 64.7 Å². The Bertz CT molecular complexity index is 718. The van der Waals surface area contributed by atoms with Crippen molar-refractivity contribution in [1.82, 2.24) is 0 Å². The molecule has 2 heteroatoms. The van der Waals surface area contributed by atoms with Crippen molar-refractivity contribution in [2.45, 2.75) is 20.3 Å². The van der Waals surface area contributed by atoms with Gasteiger partial charge < -0.3 is 4.74 Å². The molecule has 21 heavy (non-hydrogen) atoms. The summed E-state index contributed by atoms with van der Waals surface area (Å²) in [6.07, 6.45) is 0.486. The predicted octanol–water partition coefficient (Wildman–Crippen LogP) is 4.00. The van der Waals surface area contributed by atoms with Crippen LogP contribution in [0, 0.1) is 18.8 Å². The Balaban J connectivity index is 2.35. The van der Waals surface area contributed by atoms with Gasteiger partial charge in [-0.2, -0.15) is 0 Å². The normalized spacial score (nSPS) is 9.67. The first-order chi connectivity index (χ1) is 10.2. The minimum absolute atomic E-state index is 0.116. The van der Waals surface area contributed by atoms with Crippen LogP contribution in [0.1, 0.15) is 40.4 Å². The number of rotatable bonds is 3. The molecule has 0 unspecified atom stereocenters. The molecule has 0 atom stereocenters. The third-order valence-electron chi connectivity index (χ3n) is 3.28. The fourth-order valence-corrected chi connectivity index (χ4v) is 2.12. The highest BCUT2D eigenvalue weighted by atomic mass is 16.5. The number of aryl methyl sites for hydroxylation is 1. The number of methoxy groups -OCH3 is 1. The molecule has 0 amide bonds. The molecule has 0 N–H and O–H groups in total. The van der Waals surface area contributed by atoms with Gasteiger partial charge in [-0.25, -0.2) is 0 Å². The van der Waals surface area contributed by atoms with Crippen molar-refractivity contribution < 1.29 is 9.53 Å². The van der Waals surface area contributed by atoms with Crippen molar-refractivity contribution in [2.24, 2.45) is 0 Å². The molecule has 2 aromatic carbocycles. The van der Waals surface area contributed by atoms with Crippen LogP contribution in [0.5, 0.6) is 5.75 Å². The average molecular weight is 278 g/mol. The molecule has 0 spiro atoms. The van der Waals surface area contributed by atoms with Gasteiger partial charge in [0.15, 0.2) is 5.78 Å². The van der Waals surface area contributed by atoms with Crippen molar-refractivity contribution >= 4 is 5.78 Å². The monoisotopic (exact) mass is 278 g/mol. The predicted molar refractivity (Wildman–Crippen MR) is 84.8 cm³/mol. The van der Waals surface area contributed by atoms with E-state index in [1.54, 1.807) is 7.11 Å². The maximum absolute atomic E-state index is 11.9. The summed E-state index contributed by atoms with van der Waals surface area (Å²) in [7, 11) is 1.65. The second kappa shape index (κ2) is 6.76. The van der Waals surface area contributed by atoms with Crippen LogP contribution in [0.4, 0.5) is 0 Å². The summed E-state index contributed by atoms with van der Waals surface area (Å²) in [5.74, 6) is 7.18. The summed E-state index contributed by atoms with van der Waals surface area (Å²) in [5.41, 5.74) is 3.42. The lowest BCUT2D eigenvalue weighted by atomic mass is 10.0. The lowest BCUT2D eigenvalue weighted by molar-refractivity contribution is 0.0988. The maximum Gasteiger partial charge on any atom is 0.163 e. The Labute approximate surface area is 125 Å². The molecule has 0 saturated carbocycles. The van der Waals surface area contributed by atoms with Gasteiger partial charge in [0.2, 0.25) is 0 Å². The highest BCUT2D eigenvalue weighted by Crippen LogP contribution is 2.18. The van der Waals surface area contributed by atoms with Gasteiger partial charge in [-0.3, -0.25) is 4.79 Å². The van der Waals surface area contributed by atoms with Crippen LogP contribution in [0.25, 0.3) is 0 Å². The zero-order valence-electron chi connectivity index (χ0n) is 12.6. The van der Waals surface area contributed by atoms with E-state index in [9.17, 15) is 4.79 Å². The smallest absolute Gasteiger partial charge is 0.163 e. The van der Waals surface area contributed by atoms with Gasteiger partial charge in [-0.1, -0.05) is 37.0 Å². The first-order valence-corrected chi connectivity index (χ1v) is 6.94. The van der Waals surface area contributed by atoms with Gasteiger partial charge in [0.1, 0.15) is 5.75 Å². The van der Waals surface area contributed by atoms with Gasteiger partial charge in [-0.15, -0.1) is 0 Å². The van der Waals surface area contributed by atoms with E-state index in [-0.39, 0.29) is 5.78 Å². The van der Waals surface area contributed by atoms with Gasteiger partial charge in [0, 0.05) is 23.1 Å². The molecule has 0 fully saturated rings. The second-order valence-electron chi connectivity index (χ2n) is 4.76. The molecular formula is C19H18O2. The molecule has 2 aromatic rings. The van der Waals surface area contributed by atoms with Crippen LogP contribution in [-0.2, 0) is 0 Å². The Kier molecular flexibility index (Phi) is 4.79. The van der Waals surface area contributed by atoms with Crippen LogP contribution in [0.3, 0.4) is 0 Å². The van der Waals surface area contributed by atoms with Crippen molar-refractivity contribution in [2.75, 3.05) is 7.11 Å². The summed E-state index contributed by atoms with van der Waals surface area (Å²) in [5, 5.41) is 0. The minimum Gasteiger partial charge on any atom is -0.496 e. The Hall–Kier alpha value is -2.53. The first-order valence-electron chi connectivity index (χ1n) is 6.94. The summed E-state index contributed by atoms with van der Waals surface area (Å²) in [6, 6.07) is 13.3. The fourth-order valence-electron chi connectivity index (χ4n) is 2.12. The highest BCUT2D eigenvalue weighted by Gasteiger charge is 2.06. The Morgan fingerprint density at radius 1 is 1.14 bits per heavy atom. The third-order valence-corrected chi connectivity index (χ3v) is 3.28. The molecule has 106 valence electrons. The molecular weight excluding hydrogens is 260 g/mol. The van der Waals surface area contributed by atoms with Gasteiger partial charge in [-0.05, 0) is 36.8 Å². The lowest BCUT2D eigenvalue weighted by Gasteiger charge is -2.04. The van der Waals surface area contributed by atoms with E-state index < -0.39 is 0 Å². The van der Waals surface area contributed by atoms with E-state index in [2.05, 4.69) is 11.8 Å². The van der Waals surface area contributed by atoms with Crippen molar-refractivity contribution in [1.29, 1.82) is 0 Å². The van der Waals surface area contributed by atoms with E-state index in [4.69, 9.17) is 4.74 Å². The van der Waals surface area contributed by atoms with Crippen molar-refractivity contribution in [3.8, 4) is 17.6 Å². The molecule has 0 aliphatic rings. The van der Waals surface area contributed by atoms with Gasteiger partial charge in [0.25, 0.3) is 0 Å². The van der Waals surface area contributed by atoms with E-state index in [1.807, 2.05) is 56.3 Å². The Morgan fingerprint density at radius 3 is 2.57 bits per heavy atom. The third kappa shape index (κ3) is 3.52. The summed E-state index contributed by atoms with van der Waals surface area (Å²) >= 11 is 0. The number of hydrogen-bond donors (Lipinski definition) is 0. The molecule has 0 aromatic heterocycles. The van der Waals surface area contributed by atoms with E-state index >= 15 is 0 Å². The van der Waals surface area contributed by atoms with Crippen molar-refractivity contribution in [3.63, 3.8) is 0 Å². The topological polar surface area (TPSA) is 26.3 Å². The Morgan fingerprint density at radius 2 is 1.90 bits per heavy atom. The number of hydrogen-bond acceptors (Lipinski definition) is 2. The number of Topliss-reactive ketones (excluding diaryl/α,β-unsaturated/α-hetero) is 1. The van der Waals surface area contributed by atoms with Crippen LogP contribution in [0.2, 0.25) is 0 Å². The van der Waals surface area contributed by atoms with Crippen LogP contribution in [-0.4, -0.2) is 12.9 Å². The minimum atomic E-state index is 0.116. The summed E-state index contributed by atoms with van der Waals surface area (Å²) < 4.78 is 5.24. The molecule has 0 aliphatic carbocycles. The summed E-state index contributed by atoms with van der Waals surface area (Å²) in [6.45, 7) is 3.85. The molecule has 2 rings (SSSR count).